The summed E-state index contributed by atoms with van der Waals surface area (Å²) in [6.07, 6.45) is 0. The van der Waals surface area contributed by atoms with Crippen LogP contribution < -0.4 is 20.8 Å². The molecule has 5 atom stereocenters. The zero-order valence-electron chi connectivity index (χ0n) is 16.3. The molecular formula is C21H20N4O5. The van der Waals surface area contributed by atoms with Gasteiger partial charge in [-0.2, -0.15) is 5.23 Å². The van der Waals surface area contributed by atoms with Crippen molar-refractivity contribution in [3.8, 4) is 0 Å². The normalized spacial score (nSPS) is 30.6. The zero-order chi connectivity index (χ0) is 21.4. The number of hydrogen-bond acceptors (Lipinski definition) is 6. The van der Waals surface area contributed by atoms with Crippen molar-refractivity contribution < 1.29 is 24.8 Å². The van der Waals surface area contributed by atoms with Crippen LogP contribution in [-0.4, -0.2) is 29.0 Å². The molecule has 9 nitrogen and oxygen atoms in total. The number of hydrogen-bond donors (Lipinski definition) is 4. The van der Waals surface area contributed by atoms with Gasteiger partial charge in [-0.05, 0) is 25.5 Å². The molecule has 5 rings (SSSR count). The molecule has 3 amide bonds. The van der Waals surface area contributed by atoms with Crippen molar-refractivity contribution in [3.05, 3.63) is 58.8 Å². The number of amides is 3. The Morgan fingerprint density at radius 2 is 1.87 bits per heavy atom. The molecule has 154 valence electrons. The van der Waals surface area contributed by atoms with Crippen molar-refractivity contribution in [2.24, 2.45) is 11.8 Å². The summed E-state index contributed by atoms with van der Waals surface area (Å²) in [4.78, 5) is 41.2. The van der Waals surface area contributed by atoms with E-state index in [4.69, 9.17) is 0 Å². The van der Waals surface area contributed by atoms with Gasteiger partial charge in [0.15, 0.2) is 5.69 Å². The monoisotopic (exact) mass is 408 g/mol. The van der Waals surface area contributed by atoms with Crippen molar-refractivity contribution >= 4 is 34.8 Å². The number of aryl methyl sites for hydroxylation is 1. The van der Waals surface area contributed by atoms with E-state index < -0.39 is 40.5 Å². The molecule has 2 fully saturated rings. The van der Waals surface area contributed by atoms with Crippen molar-refractivity contribution in [1.82, 2.24) is 5.32 Å². The first-order valence-electron chi connectivity index (χ1n) is 9.68. The van der Waals surface area contributed by atoms with E-state index in [9.17, 15) is 24.8 Å². The van der Waals surface area contributed by atoms with E-state index in [2.05, 4.69) is 10.6 Å². The molecule has 2 saturated heterocycles. The van der Waals surface area contributed by atoms with Gasteiger partial charge in [0, 0.05) is 29.4 Å². The Morgan fingerprint density at radius 1 is 1.13 bits per heavy atom. The number of anilines is 2. The van der Waals surface area contributed by atoms with Gasteiger partial charge >= 0.3 is 0 Å². The number of carbonyl (C=O) groups excluding carboxylic acids is 3. The highest BCUT2D eigenvalue weighted by Crippen LogP contribution is 2.53. The van der Waals surface area contributed by atoms with E-state index in [1.54, 1.807) is 44.2 Å². The quantitative estimate of drug-likeness (QED) is 0.420. The number of imide groups is 1. The lowest BCUT2D eigenvalue weighted by molar-refractivity contribution is -0.991. The van der Waals surface area contributed by atoms with Gasteiger partial charge in [-0.3, -0.25) is 19.7 Å². The zero-order valence-corrected chi connectivity index (χ0v) is 16.3. The molecule has 2 aromatic rings. The Labute approximate surface area is 171 Å². The molecule has 0 bridgehead atoms. The van der Waals surface area contributed by atoms with E-state index in [0.29, 0.717) is 16.8 Å². The largest absolute Gasteiger partial charge is 0.595 e. The molecule has 1 spiro atoms. The van der Waals surface area contributed by atoms with Crippen molar-refractivity contribution in [3.63, 3.8) is 0 Å². The van der Waals surface area contributed by atoms with Crippen molar-refractivity contribution in [2.45, 2.75) is 25.4 Å². The van der Waals surface area contributed by atoms with Crippen LogP contribution in [0.1, 0.15) is 18.1 Å². The Hall–Kier alpha value is -3.11. The molecule has 0 aliphatic carbocycles. The van der Waals surface area contributed by atoms with Crippen LogP contribution in [0, 0.1) is 24.0 Å². The first kappa shape index (κ1) is 18.9. The Kier molecular flexibility index (Phi) is 3.90. The third-order valence-corrected chi connectivity index (χ3v) is 6.47. The second kappa shape index (κ2) is 6.19. The molecule has 3 heterocycles. The maximum atomic E-state index is 13.6. The average molecular weight is 408 g/mol. The second-order valence-electron chi connectivity index (χ2n) is 8.06. The van der Waals surface area contributed by atoms with Crippen LogP contribution in [0.2, 0.25) is 0 Å². The molecule has 4 N–H and O–H groups in total. The summed E-state index contributed by atoms with van der Waals surface area (Å²) < 4.78 is 0. The summed E-state index contributed by atoms with van der Waals surface area (Å²) >= 11 is 0. The molecule has 3 aliphatic heterocycles. The summed E-state index contributed by atoms with van der Waals surface area (Å²) in [5.41, 5.74) is 0.763. The standard InChI is InChI=1S/C21H20N4O5/c1-10-7-8-12(25(29)30)9-15(10)24-18(26)16-11(2)23-21(17(16)19(24)27)13-5-3-4-6-14(13)22-20(21)28/h3-9,11,16-17,23,25,29H,1-2H3,(H,22,28)/t11-,16+,17-,21+/m0/s1. The summed E-state index contributed by atoms with van der Waals surface area (Å²) in [5.74, 6) is -2.94. The maximum Gasteiger partial charge on any atom is 0.250 e. The predicted molar refractivity (Wildman–Crippen MR) is 106 cm³/mol. The molecule has 0 aromatic heterocycles. The minimum atomic E-state index is -1.33. The van der Waals surface area contributed by atoms with Crippen LogP contribution in [0.3, 0.4) is 0 Å². The molecule has 2 aromatic carbocycles. The summed E-state index contributed by atoms with van der Waals surface area (Å²) in [6, 6.07) is 11.1. The van der Waals surface area contributed by atoms with Crippen LogP contribution in [-0.2, 0) is 19.9 Å². The maximum absolute atomic E-state index is 13.6. The first-order valence-corrected chi connectivity index (χ1v) is 9.68. The molecule has 0 radical (unpaired) electrons. The van der Waals surface area contributed by atoms with E-state index >= 15 is 0 Å². The smallest absolute Gasteiger partial charge is 0.250 e. The summed E-state index contributed by atoms with van der Waals surface area (Å²) in [7, 11) is 0. The lowest BCUT2D eigenvalue weighted by atomic mass is 9.76. The van der Waals surface area contributed by atoms with Gasteiger partial charge in [-0.1, -0.05) is 24.3 Å². The molecule has 9 heteroatoms. The van der Waals surface area contributed by atoms with Crippen LogP contribution in [0.4, 0.5) is 17.1 Å². The van der Waals surface area contributed by atoms with Gasteiger partial charge in [0.05, 0.1) is 17.5 Å². The fraction of sp³-hybridized carbons (Fsp3) is 0.286. The fourth-order valence-corrected chi connectivity index (χ4v) is 5.14. The van der Waals surface area contributed by atoms with Gasteiger partial charge in [-0.15, -0.1) is 0 Å². The van der Waals surface area contributed by atoms with E-state index in [0.717, 1.165) is 4.90 Å². The molecule has 30 heavy (non-hydrogen) atoms. The van der Waals surface area contributed by atoms with Gasteiger partial charge < -0.3 is 10.5 Å². The highest BCUT2D eigenvalue weighted by atomic mass is 16.8. The van der Waals surface area contributed by atoms with Gasteiger partial charge in [0.1, 0.15) is 5.54 Å². The highest BCUT2D eigenvalue weighted by Gasteiger charge is 2.69. The van der Waals surface area contributed by atoms with Crippen molar-refractivity contribution in [1.29, 1.82) is 0 Å². The average Bonchev–Trinajstić information content (AvgIpc) is 3.27. The second-order valence-corrected chi connectivity index (χ2v) is 8.06. The van der Waals surface area contributed by atoms with Gasteiger partial charge in [0.25, 0.3) is 0 Å². The van der Waals surface area contributed by atoms with Crippen molar-refractivity contribution in [2.75, 3.05) is 10.2 Å². The van der Waals surface area contributed by atoms with Crippen LogP contribution in [0.5, 0.6) is 0 Å². The van der Waals surface area contributed by atoms with Crippen LogP contribution in [0.15, 0.2) is 42.5 Å². The number of nitrogens with zero attached hydrogens (tertiary/aromatic N) is 1. The minimum Gasteiger partial charge on any atom is -0.595 e. The number of benzene rings is 2. The topological polar surface area (TPSA) is 126 Å². The first-order chi connectivity index (χ1) is 14.3. The van der Waals surface area contributed by atoms with E-state index in [1.165, 1.54) is 12.1 Å². The number of para-hydroxylation sites is 1. The Balaban J connectivity index is 1.66. The van der Waals surface area contributed by atoms with E-state index in [-0.39, 0.29) is 17.3 Å². The predicted octanol–water partition coefficient (Wildman–Crippen LogP) is 0.343. The lowest BCUT2D eigenvalue weighted by Crippen LogP contribution is -2.99. The Bertz CT molecular complexity index is 1120. The molecular weight excluding hydrogens is 388 g/mol. The molecule has 3 aliphatic rings. The number of nitrogens with one attached hydrogen (secondary N) is 3. The highest BCUT2D eigenvalue weighted by molar-refractivity contribution is 6.26. The molecule has 1 unspecified atom stereocenters. The SMILES string of the molecule is Cc1ccc([NH+]([O-])O)cc1N1C(=O)[C@@H]2[C@H](C)N[C@@]3(C(=O)Nc4ccccc43)[C@@H]2C1=O. The van der Waals surface area contributed by atoms with E-state index in [1.807, 2.05) is 0 Å². The van der Waals surface area contributed by atoms with Crippen LogP contribution >= 0.6 is 0 Å². The third-order valence-electron chi connectivity index (χ3n) is 6.47. The fourth-order valence-electron chi connectivity index (χ4n) is 5.14. The summed E-state index contributed by atoms with van der Waals surface area (Å²) in [5, 5.41) is 25.7. The number of quaternary nitrogens is 1. The Morgan fingerprint density at radius 3 is 2.60 bits per heavy atom. The number of rotatable bonds is 2. The lowest BCUT2D eigenvalue weighted by Gasteiger charge is -2.29. The molecule has 0 saturated carbocycles. The minimum absolute atomic E-state index is 0.0156. The third kappa shape index (κ3) is 2.23. The number of fused-ring (bicyclic) bond motifs is 4. The summed E-state index contributed by atoms with van der Waals surface area (Å²) in [6.45, 7) is 3.50. The number of carbonyl (C=O) groups is 3. The van der Waals surface area contributed by atoms with Gasteiger partial charge in [0.2, 0.25) is 17.7 Å². The van der Waals surface area contributed by atoms with Crippen LogP contribution in [0.25, 0.3) is 0 Å². The van der Waals surface area contributed by atoms with Gasteiger partial charge in [-0.25, -0.2) is 10.1 Å².